The summed E-state index contributed by atoms with van der Waals surface area (Å²) in [5.74, 6) is 0. The molecular weight excluding hydrogens is 333 g/mol. The Morgan fingerprint density at radius 1 is 1.20 bits per heavy atom. The molecule has 6 heteroatoms. The molecule has 0 aliphatic carbocycles. The molecule has 0 amide bonds. The van der Waals surface area contributed by atoms with Crippen LogP contribution in [0.25, 0.3) is 0 Å². The molecule has 20 heavy (non-hydrogen) atoms. The molecular formula is C14H16BrF3N2. The van der Waals surface area contributed by atoms with Gasteiger partial charge in [-0.05, 0) is 59.9 Å². The Morgan fingerprint density at radius 3 is 2.75 bits per heavy atom. The minimum absolute atomic E-state index is 0.247. The molecule has 2 unspecified atom stereocenters. The van der Waals surface area contributed by atoms with Gasteiger partial charge in [0, 0.05) is 28.8 Å². The summed E-state index contributed by atoms with van der Waals surface area (Å²) in [4.78, 5) is 2.43. The van der Waals surface area contributed by atoms with Gasteiger partial charge in [0.25, 0.3) is 0 Å². The van der Waals surface area contributed by atoms with Crippen LogP contribution < -0.4 is 5.32 Å². The van der Waals surface area contributed by atoms with Crippen LogP contribution in [0.4, 0.5) is 18.9 Å². The molecule has 1 N–H and O–H groups in total. The standard InChI is InChI=1S/C14H16BrF3N2/c15-10-4-3-9(14(16,17)18)8-12(10)19-11-5-7-20-6-1-2-13(11)20/h3-4,8,11,13,19H,1-2,5-7H2. The molecule has 0 bridgehead atoms. The van der Waals surface area contributed by atoms with Crippen molar-refractivity contribution in [3.05, 3.63) is 28.2 Å². The summed E-state index contributed by atoms with van der Waals surface area (Å²) in [7, 11) is 0. The Hall–Kier alpha value is -0.750. The van der Waals surface area contributed by atoms with Gasteiger partial charge in [0.2, 0.25) is 0 Å². The summed E-state index contributed by atoms with van der Waals surface area (Å²) in [6.45, 7) is 2.16. The second kappa shape index (κ2) is 5.22. The largest absolute Gasteiger partial charge is 0.416 e. The van der Waals surface area contributed by atoms with Crippen molar-refractivity contribution in [1.29, 1.82) is 0 Å². The highest BCUT2D eigenvalue weighted by atomic mass is 79.9. The summed E-state index contributed by atoms with van der Waals surface area (Å²) < 4.78 is 39.0. The maximum atomic E-state index is 12.8. The summed E-state index contributed by atoms with van der Waals surface area (Å²) in [6, 6.07) is 4.48. The van der Waals surface area contributed by atoms with E-state index < -0.39 is 11.7 Å². The maximum absolute atomic E-state index is 12.8. The third-order valence-corrected chi connectivity index (χ3v) is 4.93. The van der Waals surface area contributed by atoms with E-state index in [2.05, 4.69) is 26.1 Å². The normalized spacial score (nSPS) is 26.8. The Balaban J connectivity index is 1.80. The Labute approximate surface area is 124 Å². The molecule has 0 radical (unpaired) electrons. The van der Waals surface area contributed by atoms with E-state index in [1.807, 2.05) is 0 Å². The van der Waals surface area contributed by atoms with E-state index in [0.29, 0.717) is 16.2 Å². The van der Waals surface area contributed by atoms with Crippen LogP contribution in [0.3, 0.4) is 0 Å². The lowest BCUT2D eigenvalue weighted by Crippen LogP contribution is -2.33. The summed E-state index contributed by atoms with van der Waals surface area (Å²) in [6.07, 6.45) is -0.986. The number of halogens is 4. The van der Waals surface area contributed by atoms with Crippen molar-refractivity contribution in [1.82, 2.24) is 4.90 Å². The number of nitrogens with one attached hydrogen (secondary N) is 1. The van der Waals surface area contributed by atoms with E-state index in [0.717, 1.165) is 32.0 Å². The quantitative estimate of drug-likeness (QED) is 0.864. The maximum Gasteiger partial charge on any atom is 0.416 e. The van der Waals surface area contributed by atoms with Gasteiger partial charge >= 0.3 is 6.18 Å². The van der Waals surface area contributed by atoms with E-state index in [9.17, 15) is 13.2 Å². The SMILES string of the molecule is FC(F)(F)c1ccc(Br)c(NC2CCN3CCCC23)c1. The van der Waals surface area contributed by atoms with Gasteiger partial charge in [0.15, 0.2) is 0 Å². The average Bonchev–Trinajstić information content (AvgIpc) is 2.95. The van der Waals surface area contributed by atoms with E-state index in [1.54, 1.807) is 0 Å². The van der Waals surface area contributed by atoms with Crippen LogP contribution in [-0.2, 0) is 6.18 Å². The molecule has 1 aromatic rings. The van der Waals surface area contributed by atoms with Crippen molar-refractivity contribution in [2.45, 2.75) is 37.5 Å². The zero-order chi connectivity index (χ0) is 14.3. The molecule has 1 aromatic carbocycles. The summed E-state index contributed by atoms with van der Waals surface area (Å²) in [5, 5.41) is 3.30. The van der Waals surface area contributed by atoms with E-state index in [4.69, 9.17) is 0 Å². The molecule has 2 heterocycles. The molecule has 2 fully saturated rings. The molecule has 0 saturated carbocycles. The molecule has 3 rings (SSSR count). The first-order valence-electron chi connectivity index (χ1n) is 6.82. The highest BCUT2D eigenvalue weighted by Crippen LogP contribution is 2.36. The number of anilines is 1. The van der Waals surface area contributed by atoms with Crippen LogP contribution in [0.15, 0.2) is 22.7 Å². The van der Waals surface area contributed by atoms with Crippen molar-refractivity contribution in [3.63, 3.8) is 0 Å². The fraction of sp³-hybridized carbons (Fsp3) is 0.571. The summed E-state index contributed by atoms with van der Waals surface area (Å²) >= 11 is 3.33. The van der Waals surface area contributed by atoms with Crippen LogP contribution in [0.2, 0.25) is 0 Å². The number of benzene rings is 1. The van der Waals surface area contributed by atoms with E-state index in [-0.39, 0.29) is 6.04 Å². The lowest BCUT2D eigenvalue weighted by atomic mass is 10.1. The highest BCUT2D eigenvalue weighted by molar-refractivity contribution is 9.10. The van der Waals surface area contributed by atoms with E-state index in [1.165, 1.54) is 18.6 Å². The third-order valence-electron chi connectivity index (χ3n) is 4.24. The predicted molar refractivity (Wildman–Crippen MR) is 75.8 cm³/mol. The van der Waals surface area contributed by atoms with Crippen LogP contribution in [-0.4, -0.2) is 30.1 Å². The monoisotopic (exact) mass is 348 g/mol. The molecule has 0 aromatic heterocycles. The van der Waals surface area contributed by atoms with Crippen molar-refractivity contribution in [3.8, 4) is 0 Å². The number of nitrogens with zero attached hydrogens (tertiary/aromatic N) is 1. The van der Waals surface area contributed by atoms with Gasteiger partial charge in [-0.3, -0.25) is 4.90 Å². The molecule has 2 aliphatic rings. The Morgan fingerprint density at radius 2 is 2.00 bits per heavy atom. The molecule has 2 saturated heterocycles. The van der Waals surface area contributed by atoms with Gasteiger partial charge in [-0.15, -0.1) is 0 Å². The molecule has 2 atom stereocenters. The first-order valence-corrected chi connectivity index (χ1v) is 7.62. The lowest BCUT2D eigenvalue weighted by molar-refractivity contribution is -0.137. The van der Waals surface area contributed by atoms with Crippen molar-refractivity contribution in [2.24, 2.45) is 0 Å². The van der Waals surface area contributed by atoms with Gasteiger partial charge in [-0.25, -0.2) is 0 Å². The predicted octanol–water partition coefficient (Wildman–Crippen LogP) is 4.12. The zero-order valence-corrected chi connectivity index (χ0v) is 12.5. The van der Waals surface area contributed by atoms with E-state index >= 15 is 0 Å². The van der Waals surface area contributed by atoms with Gasteiger partial charge in [0.1, 0.15) is 0 Å². The smallest absolute Gasteiger partial charge is 0.380 e. The minimum Gasteiger partial charge on any atom is -0.380 e. The highest BCUT2D eigenvalue weighted by Gasteiger charge is 2.37. The van der Waals surface area contributed by atoms with Crippen LogP contribution in [0.5, 0.6) is 0 Å². The molecule has 2 nitrogen and oxygen atoms in total. The lowest BCUT2D eigenvalue weighted by Gasteiger charge is -2.23. The second-order valence-corrected chi connectivity index (χ2v) is 6.33. The number of fused-ring (bicyclic) bond motifs is 1. The van der Waals surface area contributed by atoms with Crippen LogP contribution >= 0.6 is 15.9 Å². The zero-order valence-electron chi connectivity index (χ0n) is 10.9. The number of rotatable bonds is 2. The van der Waals surface area contributed by atoms with Gasteiger partial charge < -0.3 is 5.32 Å². The van der Waals surface area contributed by atoms with Crippen LogP contribution in [0.1, 0.15) is 24.8 Å². The first-order chi connectivity index (χ1) is 9.45. The topological polar surface area (TPSA) is 15.3 Å². The number of alkyl halides is 3. The second-order valence-electron chi connectivity index (χ2n) is 5.48. The van der Waals surface area contributed by atoms with Crippen molar-refractivity contribution < 1.29 is 13.2 Å². The first kappa shape index (κ1) is 14.2. The Bertz CT molecular complexity index is 504. The summed E-state index contributed by atoms with van der Waals surface area (Å²) in [5.41, 5.74) is -0.0666. The van der Waals surface area contributed by atoms with Gasteiger partial charge in [-0.2, -0.15) is 13.2 Å². The fourth-order valence-electron chi connectivity index (χ4n) is 3.26. The molecule has 0 spiro atoms. The third kappa shape index (κ3) is 2.68. The van der Waals surface area contributed by atoms with Crippen LogP contribution in [0, 0.1) is 0 Å². The van der Waals surface area contributed by atoms with Gasteiger partial charge in [0.05, 0.1) is 5.56 Å². The minimum atomic E-state index is -4.30. The number of hydrogen-bond acceptors (Lipinski definition) is 2. The average molecular weight is 349 g/mol. The van der Waals surface area contributed by atoms with Crippen molar-refractivity contribution in [2.75, 3.05) is 18.4 Å². The van der Waals surface area contributed by atoms with Crippen molar-refractivity contribution >= 4 is 21.6 Å². The molecule has 2 aliphatic heterocycles. The molecule has 110 valence electrons. The number of hydrogen-bond donors (Lipinski definition) is 1. The van der Waals surface area contributed by atoms with Gasteiger partial charge in [-0.1, -0.05) is 0 Å². The fourth-order valence-corrected chi connectivity index (χ4v) is 3.62. The Kier molecular flexibility index (Phi) is 3.71.